The molecule has 1 saturated carbocycles. The molecule has 3 rings (SSSR count). The summed E-state index contributed by atoms with van der Waals surface area (Å²) in [6.45, 7) is 2.12. The van der Waals surface area contributed by atoms with E-state index in [1.807, 2.05) is 11.7 Å². The van der Waals surface area contributed by atoms with Crippen molar-refractivity contribution in [2.24, 2.45) is 12.8 Å². The Hall–Kier alpha value is -1.61. The van der Waals surface area contributed by atoms with Crippen molar-refractivity contribution in [1.82, 2.24) is 9.78 Å². The van der Waals surface area contributed by atoms with Crippen LogP contribution in [0.1, 0.15) is 60.7 Å². The predicted molar refractivity (Wildman–Crippen MR) is 81.7 cm³/mol. The van der Waals surface area contributed by atoms with Gasteiger partial charge < -0.3 is 5.73 Å². The standard InChI is InChI=1S/C17H23N3/c1-3-15-11-16(20(2)19-15)17(18)14-9-5-8-13(10-14)12-6-4-7-12/h5,8-12,17H,3-4,6-7,18H2,1-2H3. The molecule has 1 heterocycles. The Morgan fingerprint density at radius 1 is 1.35 bits per heavy atom. The van der Waals surface area contributed by atoms with E-state index >= 15 is 0 Å². The highest BCUT2D eigenvalue weighted by Gasteiger charge is 2.21. The largest absolute Gasteiger partial charge is 0.319 e. The minimum Gasteiger partial charge on any atom is -0.319 e. The van der Waals surface area contributed by atoms with E-state index in [4.69, 9.17) is 5.73 Å². The van der Waals surface area contributed by atoms with E-state index in [9.17, 15) is 0 Å². The molecule has 2 N–H and O–H groups in total. The maximum absolute atomic E-state index is 6.45. The first-order valence-electron chi connectivity index (χ1n) is 7.57. The molecule has 0 radical (unpaired) electrons. The number of aromatic nitrogens is 2. The predicted octanol–water partition coefficient (Wildman–Crippen LogP) is 3.30. The summed E-state index contributed by atoms with van der Waals surface area (Å²) in [5.41, 5.74) is 11.3. The summed E-state index contributed by atoms with van der Waals surface area (Å²) >= 11 is 0. The van der Waals surface area contributed by atoms with Crippen LogP contribution in [0.3, 0.4) is 0 Å². The molecule has 106 valence electrons. The zero-order chi connectivity index (χ0) is 14.1. The van der Waals surface area contributed by atoms with Gasteiger partial charge in [0.05, 0.1) is 17.4 Å². The molecule has 1 aromatic heterocycles. The zero-order valence-corrected chi connectivity index (χ0v) is 12.3. The van der Waals surface area contributed by atoms with E-state index in [0.29, 0.717) is 0 Å². The lowest BCUT2D eigenvalue weighted by molar-refractivity contribution is 0.419. The SMILES string of the molecule is CCc1cc(C(N)c2cccc(C3CCC3)c2)n(C)n1. The van der Waals surface area contributed by atoms with Crippen molar-refractivity contribution >= 4 is 0 Å². The van der Waals surface area contributed by atoms with E-state index in [1.165, 1.54) is 30.4 Å². The molecule has 1 aliphatic carbocycles. The average Bonchev–Trinajstić information content (AvgIpc) is 2.77. The van der Waals surface area contributed by atoms with Gasteiger partial charge in [-0.3, -0.25) is 4.68 Å². The van der Waals surface area contributed by atoms with Crippen molar-refractivity contribution in [3.05, 3.63) is 52.8 Å². The topological polar surface area (TPSA) is 43.8 Å². The second-order valence-electron chi connectivity index (χ2n) is 5.81. The zero-order valence-electron chi connectivity index (χ0n) is 12.3. The third-order valence-electron chi connectivity index (χ3n) is 4.49. The van der Waals surface area contributed by atoms with Crippen LogP contribution in [0, 0.1) is 0 Å². The quantitative estimate of drug-likeness (QED) is 0.925. The van der Waals surface area contributed by atoms with E-state index in [-0.39, 0.29) is 6.04 Å². The van der Waals surface area contributed by atoms with E-state index < -0.39 is 0 Å². The van der Waals surface area contributed by atoms with E-state index in [2.05, 4.69) is 42.4 Å². The minimum atomic E-state index is -0.0900. The fraction of sp³-hybridized carbons (Fsp3) is 0.471. The van der Waals surface area contributed by atoms with Gasteiger partial charge in [0.2, 0.25) is 0 Å². The lowest BCUT2D eigenvalue weighted by Gasteiger charge is -2.26. The van der Waals surface area contributed by atoms with Crippen LogP contribution >= 0.6 is 0 Å². The second kappa shape index (κ2) is 5.41. The van der Waals surface area contributed by atoms with Crippen LogP contribution in [-0.2, 0) is 13.5 Å². The number of nitrogens with two attached hydrogens (primary N) is 1. The molecule has 0 bridgehead atoms. The normalized spacial score (nSPS) is 16.9. The number of nitrogens with zero attached hydrogens (tertiary/aromatic N) is 2. The average molecular weight is 269 g/mol. The second-order valence-corrected chi connectivity index (χ2v) is 5.81. The molecule has 0 spiro atoms. The number of rotatable bonds is 4. The summed E-state index contributed by atoms with van der Waals surface area (Å²) in [5, 5.41) is 4.50. The molecule has 1 aromatic carbocycles. The van der Waals surface area contributed by atoms with Crippen molar-refractivity contribution in [1.29, 1.82) is 0 Å². The van der Waals surface area contributed by atoms with Crippen molar-refractivity contribution in [3.63, 3.8) is 0 Å². The first-order chi connectivity index (χ1) is 9.69. The number of benzene rings is 1. The van der Waals surface area contributed by atoms with E-state index in [1.54, 1.807) is 0 Å². The van der Waals surface area contributed by atoms with Gasteiger partial charge in [-0.1, -0.05) is 37.6 Å². The lowest BCUT2D eigenvalue weighted by atomic mass is 9.79. The van der Waals surface area contributed by atoms with Gasteiger partial charge in [-0.25, -0.2) is 0 Å². The summed E-state index contributed by atoms with van der Waals surface area (Å²) in [6, 6.07) is 10.8. The monoisotopic (exact) mass is 269 g/mol. The van der Waals surface area contributed by atoms with Crippen LogP contribution in [0.5, 0.6) is 0 Å². The van der Waals surface area contributed by atoms with Gasteiger partial charge in [0.1, 0.15) is 0 Å². The summed E-state index contributed by atoms with van der Waals surface area (Å²) < 4.78 is 1.92. The Morgan fingerprint density at radius 2 is 2.15 bits per heavy atom. The molecule has 0 amide bonds. The van der Waals surface area contributed by atoms with Crippen LogP contribution in [0.25, 0.3) is 0 Å². The third kappa shape index (κ3) is 2.38. The fourth-order valence-corrected chi connectivity index (χ4v) is 2.93. The molecule has 3 heteroatoms. The Kier molecular flexibility index (Phi) is 3.62. The first kappa shape index (κ1) is 13.4. The van der Waals surface area contributed by atoms with Crippen molar-refractivity contribution in [2.45, 2.75) is 44.6 Å². The molecule has 3 nitrogen and oxygen atoms in total. The highest BCUT2D eigenvalue weighted by Crippen LogP contribution is 2.37. The van der Waals surface area contributed by atoms with Gasteiger partial charge in [-0.15, -0.1) is 0 Å². The Labute approximate surface area is 120 Å². The van der Waals surface area contributed by atoms with E-state index in [0.717, 1.165) is 23.7 Å². The van der Waals surface area contributed by atoms with Gasteiger partial charge in [0, 0.05) is 7.05 Å². The third-order valence-corrected chi connectivity index (χ3v) is 4.49. The number of aryl methyl sites for hydroxylation is 2. The maximum Gasteiger partial charge on any atom is 0.0723 e. The molecule has 0 saturated heterocycles. The van der Waals surface area contributed by atoms with Gasteiger partial charge in [-0.05, 0) is 42.4 Å². The smallest absolute Gasteiger partial charge is 0.0723 e. The molecule has 20 heavy (non-hydrogen) atoms. The van der Waals surface area contributed by atoms with Gasteiger partial charge >= 0.3 is 0 Å². The molecular formula is C17H23N3. The van der Waals surface area contributed by atoms with Crippen LogP contribution < -0.4 is 5.73 Å². The Balaban J connectivity index is 1.89. The fourth-order valence-electron chi connectivity index (χ4n) is 2.93. The summed E-state index contributed by atoms with van der Waals surface area (Å²) in [5.74, 6) is 0.750. The number of hydrogen-bond donors (Lipinski definition) is 1. The van der Waals surface area contributed by atoms with Gasteiger partial charge in [0.25, 0.3) is 0 Å². The summed E-state index contributed by atoms with van der Waals surface area (Å²) in [6.07, 6.45) is 4.96. The Morgan fingerprint density at radius 3 is 2.75 bits per heavy atom. The maximum atomic E-state index is 6.45. The highest BCUT2D eigenvalue weighted by molar-refractivity contribution is 5.34. The van der Waals surface area contributed by atoms with Crippen LogP contribution in [0.15, 0.2) is 30.3 Å². The van der Waals surface area contributed by atoms with Crippen molar-refractivity contribution in [2.75, 3.05) is 0 Å². The molecular weight excluding hydrogens is 246 g/mol. The summed E-state index contributed by atoms with van der Waals surface area (Å²) in [4.78, 5) is 0. The molecule has 1 atom stereocenters. The highest BCUT2D eigenvalue weighted by atomic mass is 15.3. The van der Waals surface area contributed by atoms with Gasteiger partial charge in [0.15, 0.2) is 0 Å². The van der Waals surface area contributed by atoms with Crippen molar-refractivity contribution in [3.8, 4) is 0 Å². The molecule has 1 aliphatic rings. The molecule has 1 unspecified atom stereocenters. The number of hydrogen-bond acceptors (Lipinski definition) is 2. The molecule has 0 aliphatic heterocycles. The van der Waals surface area contributed by atoms with Crippen LogP contribution in [-0.4, -0.2) is 9.78 Å². The van der Waals surface area contributed by atoms with Gasteiger partial charge in [-0.2, -0.15) is 5.10 Å². The lowest BCUT2D eigenvalue weighted by Crippen LogP contribution is -2.17. The van der Waals surface area contributed by atoms with Crippen LogP contribution in [0.2, 0.25) is 0 Å². The first-order valence-corrected chi connectivity index (χ1v) is 7.57. The van der Waals surface area contributed by atoms with Crippen molar-refractivity contribution < 1.29 is 0 Å². The summed E-state index contributed by atoms with van der Waals surface area (Å²) in [7, 11) is 1.98. The minimum absolute atomic E-state index is 0.0900. The van der Waals surface area contributed by atoms with Crippen LogP contribution in [0.4, 0.5) is 0 Å². The molecule has 2 aromatic rings. The Bertz CT molecular complexity index is 596. The molecule has 1 fully saturated rings.